The average molecular weight is 425 g/mol. The third kappa shape index (κ3) is 3.48. The topological polar surface area (TPSA) is 57.2 Å². The van der Waals surface area contributed by atoms with Gasteiger partial charge in [0.1, 0.15) is 5.69 Å². The number of carbonyl (C=O) groups is 1. The van der Waals surface area contributed by atoms with Gasteiger partial charge in [0.15, 0.2) is 0 Å². The molecule has 0 atom stereocenters. The van der Waals surface area contributed by atoms with E-state index in [1.807, 2.05) is 31.2 Å². The van der Waals surface area contributed by atoms with Crippen molar-refractivity contribution in [3.63, 3.8) is 0 Å². The molecule has 1 aromatic heterocycles. The second-order valence-corrected chi connectivity index (χ2v) is 6.95. The van der Waals surface area contributed by atoms with Crippen LogP contribution in [0.2, 0.25) is 10.0 Å². The molecule has 0 unspecified atom stereocenters. The minimum absolute atomic E-state index is 0.343. The van der Waals surface area contributed by atoms with Crippen molar-refractivity contribution in [3.8, 4) is 0 Å². The first kappa shape index (κ1) is 17.0. The van der Waals surface area contributed by atoms with Crippen molar-refractivity contribution in [1.29, 1.82) is 0 Å². The number of nitrogens with zero attached hydrogens (tertiary/aromatic N) is 1. The van der Waals surface area contributed by atoms with E-state index in [2.05, 4.69) is 31.4 Å². The molecule has 2 N–H and O–H groups in total. The number of H-pyrrole nitrogens is 1. The monoisotopic (exact) mass is 423 g/mol. The summed E-state index contributed by atoms with van der Waals surface area (Å²) in [6, 6.07) is 11.0. The number of halogens is 3. The Labute approximate surface area is 157 Å². The van der Waals surface area contributed by atoms with Crippen molar-refractivity contribution < 1.29 is 4.79 Å². The summed E-state index contributed by atoms with van der Waals surface area (Å²) < 4.78 is 0.980. The second kappa shape index (κ2) is 6.97. The number of amides is 1. The van der Waals surface area contributed by atoms with Gasteiger partial charge in [-0.3, -0.25) is 4.79 Å². The lowest BCUT2D eigenvalue weighted by Crippen LogP contribution is -2.18. The van der Waals surface area contributed by atoms with Crippen LogP contribution in [0, 0.1) is 6.92 Å². The summed E-state index contributed by atoms with van der Waals surface area (Å²) in [5, 5.41) is 5.77. The Bertz CT molecular complexity index is 949. The summed E-state index contributed by atoms with van der Waals surface area (Å²) >= 11 is 15.6. The molecule has 7 heteroatoms. The van der Waals surface area contributed by atoms with E-state index in [1.54, 1.807) is 18.3 Å². The molecule has 3 aromatic rings. The minimum atomic E-state index is -0.343. The van der Waals surface area contributed by atoms with Crippen LogP contribution in [-0.2, 0) is 0 Å². The molecular weight excluding hydrogens is 413 g/mol. The summed E-state index contributed by atoms with van der Waals surface area (Å²) in [5.41, 5.74) is 5.26. The molecule has 0 aliphatic heterocycles. The second-order valence-electron chi connectivity index (χ2n) is 5.19. The maximum atomic E-state index is 12.3. The SMILES string of the molecule is Cc1c(C(=O)N/N=C\c2ccc(Br)cc2)[nH]c2cc(Cl)cc(Cl)c12. The van der Waals surface area contributed by atoms with Crippen LogP contribution < -0.4 is 5.43 Å². The number of hydrazone groups is 1. The standard InChI is InChI=1S/C17H12BrCl2N3O/c1-9-15-13(20)6-12(19)7-14(15)22-16(9)17(24)23-21-8-10-2-4-11(18)5-3-10/h2-8,22H,1H3,(H,23,24)/b21-8-. The lowest BCUT2D eigenvalue weighted by Gasteiger charge is -1.99. The van der Waals surface area contributed by atoms with Gasteiger partial charge in [0.25, 0.3) is 5.91 Å². The molecule has 0 saturated carbocycles. The minimum Gasteiger partial charge on any atom is -0.350 e. The van der Waals surface area contributed by atoms with Gasteiger partial charge in [0.05, 0.1) is 11.2 Å². The van der Waals surface area contributed by atoms with E-state index in [4.69, 9.17) is 23.2 Å². The van der Waals surface area contributed by atoms with Crippen LogP contribution in [-0.4, -0.2) is 17.1 Å². The van der Waals surface area contributed by atoms with Gasteiger partial charge in [0.2, 0.25) is 0 Å². The molecule has 4 nitrogen and oxygen atoms in total. The van der Waals surface area contributed by atoms with Gasteiger partial charge < -0.3 is 4.98 Å². The van der Waals surface area contributed by atoms with Crippen molar-refractivity contribution in [2.45, 2.75) is 6.92 Å². The first-order valence-electron chi connectivity index (χ1n) is 7.02. The quantitative estimate of drug-likeness (QED) is 0.434. The highest BCUT2D eigenvalue weighted by Gasteiger charge is 2.16. The molecule has 0 saturated heterocycles. The zero-order chi connectivity index (χ0) is 17.3. The van der Waals surface area contributed by atoms with Crippen LogP contribution >= 0.6 is 39.1 Å². The van der Waals surface area contributed by atoms with Crippen molar-refractivity contribution in [3.05, 3.63) is 67.7 Å². The molecule has 0 bridgehead atoms. The number of fused-ring (bicyclic) bond motifs is 1. The van der Waals surface area contributed by atoms with E-state index < -0.39 is 0 Å². The highest BCUT2D eigenvalue weighted by molar-refractivity contribution is 9.10. The number of aromatic amines is 1. The Morgan fingerprint density at radius 1 is 1.25 bits per heavy atom. The highest BCUT2D eigenvalue weighted by Crippen LogP contribution is 2.31. The molecule has 1 amide bonds. The molecule has 0 spiro atoms. The number of nitrogens with one attached hydrogen (secondary N) is 2. The van der Waals surface area contributed by atoms with Crippen molar-refractivity contribution in [2.24, 2.45) is 5.10 Å². The van der Waals surface area contributed by atoms with E-state index in [-0.39, 0.29) is 5.91 Å². The number of aryl methyl sites for hydroxylation is 1. The van der Waals surface area contributed by atoms with E-state index in [0.717, 1.165) is 21.0 Å². The normalized spacial score (nSPS) is 11.3. The molecular formula is C17H12BrCl2N3O. The fourth-order valence-electron chi connectivity index (χ4n) is 2.40. The van der Waals surface area contributed by atoms with Crippen LogP contribution in [0.25, 0.3) is 10.9 Å². The summed E-state index contributed by atoms with van der Waals surface area (Å²) in [6.07, 6.45) is 1.58. The Hall–Kier alpha value is -1.82. The number of aromatic nitrogens is 1. The lowest BCUT2D eigenvalue weighted by atomic mass is 10.1. The van der Waals surface area contributed by atoms with Gasteiger partial charge in [-0.2, -0.15) is 5.10 Å². The van der Waals surface area contributed by atoms with Gasteiger partial charge >= 0.3 is 0 Å². The van der Waals surface area contributed by atoms with E-state index >= 15 is 0 Å². The predicted octanol–water partition coefficient (Wildman–Crippen LogP) is 5.31. The molecule has 1 heterocycles. The third-order valence-corrected chi connectivity index (χ3v) is 4.59. The molecule has 122 valence electrons. The fourth-order valence-corrected chi connectivity index (χ4v) is 3.30. The zero-order valence-corrected chi connectivity index (χ0v) is 15.6. The molecule has 3 rings (SSSR count). The number of carbonyl (C=O) groups excluding carboxylic acids is 1. The number of benzene rings is 2. The molecule has 0 aliphatic rings. The van der Waals surface area contributed by atoms with Crippen LogP contribution in [0.1, 0.15) is 21.6 Å². The van der Waals surface area contributed by atoms with Crippen LogP contribution in [0.15, 0.2) is 46.0 Å². The Morgan fingerprint density at radius 3 is 2.67 bits per heavy atom. The molecule has 2 aromatic carbocycles. The first-order chi connectivity index (χ1) is 11.5. The average Bonchev–Trinajstić information content (AvgIpc) is 2.86. The van der Waals surface area contributed by atoms with E-state index in [0.29, 0.717) is 21.3 Å². The maximum absolute atomic E-state index is 12.3. The number of hydrogen-bond acceptors (Lipinski definition) is 2. The number of rotatable bonds is 3. The van der Waals surface area contributed by atoms with Crippen molar-refractivity contribution in [2.75, 3.05) is 0 Å². The molecule has 24 heavy (non-hydrogen) atoms. The van der Waals surface area contributed by atoms with Crippen LogP contribution in [0.4, 0.5) is 0 Å². The lowest BCUT2D eigenvalue weighted by molar-refractivity contribution is 0.0950. The van der Waals surface area contributed by atoms with E-state index in [1.165, 1.54) is 0 Å². The molecule has 0 radical (unpaired) electrons. The van der Waals surface area contributed by atoms with Gasteiger partial charge in [-0.1, -0.05) is 51.3 Å². The fraction of sp³-hybridized carbons (Fsp3) is 0.0588. The van der Waals surface area contributed by atoms with Gasteiger partial charge in [0, 0.05) is 20.4 Å². The van der Waals surface area contributed by atoms with Gasteiger partial charge in [-0.05, 0) is 42.3 Å². The highest BCUT2D eigenvalue weighted by atomic mass is 79.9. The summed E-state index contributed by atoms with van der Waals surface area (Å²) in [7, 11) is 0. The first-order valence-corrected chi connectivity index (χ1v) is 8.57. The summed E-state index contributed by atoms with van der Waals surface area (Å²) in [5.74, 6) is -0.343. The Balaban J connectivity index is 1.82. The predicted molar refractivity (Wildman–Crippen MR) is 102 cm³/mol. The zero-order valence-electron chi connectivity index (χ0n) is 12.5. The van der Waals surface area contributed by atoms with Crippen molar-refractivity contribution >= 4 is 62.2 Å². The maximum Gasteiger partial charge on any atom is 0.288 e. The summed E-state index contributed by atoms with van der Waals surface area (Å²) in [6.45, 7) is 1.83. The smallest absolute Gasteiger partial charge is 0.288 e. The van der Waals surface area contributed by atoms with E-state index in [9.17, 15) is 4.79 Å². The summed E-state index contributed by atoms with van der Waals surface area (Å²) in [4.78, 5) is 15.4. The third-order valence-electron chi connectivity index (χ3n) is 3.54. The largest absolute Gasteiger partial charge is 0.350 e. The number of hydrogen-bond donors (Lipinski definition) is 2. The van der Waals surface area contributed by atoms with Gasteiger partial charge in [-0.25, -0.2) is 5.43 Å². The Morgan fingerprint density at radius 2 is 1.96 bits per heavy atom. The van der Waals surface area contributed by atoms with Crippen molar-refractivity contribution in [1.82, 2.24) is 10.4 Å². The van der Waals surface area contributed by atoms with Crippen LogP contribution in [0.3, 0.4) is 0 Å². The molecule has 0 fully saturated rings. The van der Waals surface area contributed by atoms with Crippen LogP contribution in [0.5, 0.6) is 0 Å². The Kier molecular flexibility index (Phi) is 4.94. The van der Waals surface area contributed by atoms with Gasteiger partial charge in [-0.15, -0.1) is 0 Å². The molecule has 0 aliphatic carbocycles.